The van der Waals surface area contributed by atoms with Gasteiger partial charge in [0.25, 0.3) is 0 Å². The molecule has 1 aliphatic rings. The van der Waals surface area contributed by atoms with Crippen LogP contribution in [-0.2, 0) is 0 Å². The van der Waals surface area contributed by atoms with E-state index in [1.54, 1.807) is 6.20 Å². The molecule has 0 saturated heterocycles. The van der Waals surface area contributed by atoms with Crippen molar-refractivity contribution in [2.45, 2.75) is 13.8 Å². The van der Waals surface area contributed by atoms with Crippen LogP contribution in [0.2, 0.25) is 0 Å². The van der Waals surface area contributed by atoms with Crippen LogP contribution in [0.4, 0.5) is 4.79 Å². The summed E-state index contributed by atoms with van der Waals surface area (Å²) in [5.74, 6) is 0. The summed E-state index contributed by atoms with van der Waals surface area (Å²) in [5.41, 5.74) is 0. The van der Waals surface area contributed by atoms with Gasteiger partial charge >= 0.3 is 6.09 Å². The smallest absolute Gasteiger partial charge is 0.412 e. The summed E-state index contributed by atoms with van der Waals surface area (Å²) < 4.78 is 0. The number of hydrogen-bond donors (Lipinski definition) is 2. The summed E-state index contributed by atoms with van der Waals surface area (Å²) in [5, 5.41) is 11.0. The topological polar surface area (TPSA) is 52.6 Å². The van der Waals surface area contributed by atoms with Gasteiger partial charge in [0, 0.05) is 12.4 Å². The van der Waals surface area contributed by atoms with Gasteiger partial charge in [0.1, 0.15) is 0 Å². The fraction of sp³-hybridized carbons (Fsp3) is 0.500. The maximum absolute atomic E-state index is 10.0. The Kier molecular flexibility index (Phi) is 4.11. The highest BCUT2D eigenvalue weighted by molar-refractivity contribution is 5.66. The Hall–Kier alpha value is -1.19. The summed E-state index contributed by atoms with van der Waals surface area (Å²) in [7, 11) is 0. The molecule has 0 aliphatic carbocycles. The zero-order chi connectivity index (χ0) is 7.98. The quantitative estimate of drug-likeness (QED) is 0.533. The van der Waals surface area contributed by atoms with Gasteiger partial charge in [0.15, 0.2) is 0 Å². The number of rotatable bonds is 0. The summed E-state index contributed by atoms with van der Waals surface area (Å²) in [4.78, 5) is 11.2. The molecule has 0 unspecified atom stereocenters. The van der Waals surface area contributed by atoms with E-state index in [1.807, 2.05) is 13.8 Å². The first-order valence-corrected chi connectivity index (χ1v) is 3.20. The molecule has 0 atom stereocenters. The van der Waals surface area contributed by atoms with E-state index in [2.05, 4.69) is 5.32 Å². The molecule has 4 nitrogen and oxygen atoms in total. The number of carboxylic acid groups (broad SMARTS) is 1. The van der Waals surface area contributed by atoms with Crippen LogP contribution >= 0.6 is 0 Å². The van der Waals surface area contributed by atoms with Crippen molar-refractivity contribution in [1.29, 1.82) is 0 Å². The second-order valence-corrected chi connectivity index (χ2v) is 1.43. The summed E-state index contributed by atoms with van der Waals surface area (Å²) in [6, 6.07) is 0. The predicted molar refractivity (Wildman–Crippen MR) is 38.4 cm³/mol. The molecule has 58 valence electrons. The summed E-state index contributed by atoms with van der Waals surface area (Å²) in [6.07, 6.45) is 2.14. The Morgan fingerprint density at radius 2 is 2.30 bits per heavy atom. The third-order valence-corrected chi connectivity index (χ3v) is 0.880. The number of hydrogen-bond acceptors (Lipinski definition) is 2. The first kappa shape index (κ1) is 8.81. The van der Waals surface area contributed by atoms with Crippen molar-refractivity contribution in [1.82, 2.24) is 10.2 Å². The van der Waals surface area contributed by atoms with E-state index in [9.17, 15) is 4.79 Å². The zero-order valence-electron chi connectivity index (χ0n) is 6.16. The van der Waals surface area contributed by atoms with Crippen molar-refractivity contribution in [3.63, 3.8) is 0 Å². The second-order valence-electron chi connectivity index (χ2n) is 1.43. The third-order valence-electron chi connectivity index (χ3n) is 0.880. The maximum atomic E-state index is 10.0. The molecule has 0 aromatic carbocycles. The lowest BCUT2D eigenvalue weighted by atomic mass is 10.8. The van der Waals surface area contributed by atoms with Gasteiger partial charge in [-0.2, -0.15) is 0 Å². The predicted octanol–water partition coefficient (Wildman–Crippen LogP) is 1.02. The lowest BCUT2D eigenvalue weighted by Crippen LogP contribution is -2.25. The Morgan fingerprint density at radius 1 is 1.70 bits per heavy atom. The van der Waals surface area contributed by atoms with Crippen LogP contribution in [0.25, 0.3) is 0 Å². The average Bonchev–Trinajstić information content (AvgIpc) is 2.42. The molecule has 0 fully saturated rings. The standard InChI is InChI=1S/C4H6N2O2.C2H6/c7-4(8)6-2-1-5-3-6;1-2/h1-2,5H,3H2,(H,7,8);1-2H3. The molecule has 2 N–H and O–H groups in total. The van der Waals surface area contributed by atoms with Gasteiger partial charge in [-0.05, 0) is 0 Å². The van der Waals surface area contributed by atoms with E-state index < -0.39 is 6.09 Å². The molecule has 0 aromatic heterocycles. The van der Waals surface area contributed by atoms with E-state index in [-0.39, 0.29) is 0 Å². The molecule has 10 heavy (non-hydrogen) atoms. The molecule has 1 heterocycles. The number of carbonyl (C=O) groups is 1. The Balaban J connectivity index is 0.000000371. The fourth-order valence-electron chi connectivity index (χ4n) is 0.478. The van der Waals surface area contributed by atoms with E-state index in [1.165, 1.54) is 6.20 Å². The van der Waals surface area contributed by atoms with Crippen LogP contribution in [0, 0.1) is 0 Å². The van der Waals surface area contributed by atoms with Gasteiger partial charge in [0.05, 0.1) is 6.67 Å². The van der Waals surface area contributed by atoms with E-state index in [0.29, 0.717) is 6.67 Å². The monoisotopic (exact) mass is 144 g/mol. The van der Waals surface area contributed by atoms with Crippen LogP contribution in [0.3, 0.4) is 0 Å². The Bertz CT molecular complexity index is 134. The molecule has 1 amide bonds. The zero-order valence-corrected chi connectivity index (χ0v) is 6.16. The van der Waals surface area contributed by atoms with Crippen LogP contribution in [0.1, 0.15) is 13.8 Å². The molecule has 0 aromatic rings. The Morgan fingerprint density at radius 3 is 2.50 bits per heavy atom. The molecule has 1 rings (SSSR count). The Labute approximate surface area is 60.1 Å². The van der Waals surface area contributed by atoms with Gasteiger partial charge in [-0.15, -0.1) is 0 Å². The number of nitrogens with one attached hydrogen (secondary N) is 1. The highest BCUT2D eigenvalue weighted by atomic mass is 16.4. The summed E-state index contributed by atoms with van der Waals surface area (Å²) in [6.45, 7) is 4.37. The maximum Gasteiger partial charge on any atom is 0.412 e. The average molecular weight is 144 g/mol. The molecular formula is C6H12N2O2. The van der Waals surface area contributed by atoms with Crippen molar-refractivity contribution in [2.24, 2.45) is 0 Å². The fourth-order valence-corrected chi connectivity index (χ4v) is 0.478. The van der Waals surface area contributed by atoms with Crippen molar-refractivity contribution < 1.29 is 9.90 Å². The van der Waals surface area contributed by atoms with Crippen LogP contribution in [0.5, 0.6) is 0 Å². The van der Waals surface area contributed by atoms with Crippen molar-refractivity contribution in [2.75, 3.05) is 6.67 Å². The molecule has 1 aliphatic heterocycles. The largest absolute Gasteiger partial charge is 0.465 e. The molecule has 0 radical (unpaired) electrons. The van der Waals surface area contributed by atoms with Gasteiger partial charge in [-0.3, -0.25) is 4.90 Å². The third kappa shape index (κ3) is 2.39. The minimum absolute atomic E-state index is 0.370. The van der Waals surface area contributed by atoms with Crippen LogP contribution < -0.4 is 5.32 Å². The van der Waals surface area contributed by atoms with Gasteiger partial charge < -0.3 is 10.4 Å². The number of amides is 1. The van der Waals surface area contributed by atoms with Gasteiger partial charge in [-0.25, -0.2) is 4.79 Å². The number of nitrogens with zero attached hydrogens (tertiary/aromatic N) is 1. The van der Waals surface area contributed by atoms with E-state index >= 15 is 0 Å². The van der Waals surface area contributed by atoms with E-state index in [4.69, 9.17) is 5.11 Å². The van der Waals surface area contributed by atoms with Crippen LogP contribution in [0.15, 0.2) is 12.4 Å². The normalized spacial score (nSPS) is 13.6. The van der Waals surface area contributed by atoms with Crippen molar-refractivity contribution in [3.8, 4) is 0 Å². The molecule has 0 spiro atoms. The van der Waals surface area contributed by atoms with Crippen molar-refractivity contribution in [3.05, 3.63) is 12.4 Å². The molecular weight excluding hydrogens is 132 g/mol. The van der Waals surface area contributed by atoms with E-state index in [0.717, 1.165) is 4.90 Å². The molecule has 4 heteroatoms. The highest BCUT2D eigenvalue weighted by Crippen LogP contribution is 1.92. The molecule has 0 bridgehead atoms. The molecule has 0 saturated carbocycles. The lowest BCUT2D eigenvalue weighted by molar-refractivity contribution is 0.165. The second kappa shape index (κ2) is 4.67. The van der Waals surface area contributed by atoms with Gasteiger partial charge in [-0.1, -0.05) is 13.8 Å². The first-order chi connectivity index (χ1) is 4.80. The minimum atomic E-state index is -0.925. The lowest BCUT2D eigenvalue weighted by Gasteiger charge is -2.04. The minimum Gasteiger partial charge on any atom is -0.465 e. The summed E-state index contributed by atoms with van der Waals surface area (Å²) >= 11 is 0. The van der Waals surface area contributed by atoms with Crippen molar-refractivity contribution >= 4 is 6.09 Å². The highest BCUT2D eigenvalue weighted by Gasteiger charge is 2.08. The first-order valence-electron chi connectivity index (χ1n) is 3.20. The SMILES string of the molecule is CC.O=C(O)N1C=CNC1. The van der Waals surface area contributed by atoms with Crippen LogP contribution in [-0.4, -0.2) is 22.8 Å². The van der Waals surface area contributed by atoms with Gasteiger partial charge in [0.2, 0.25) is 0 Å².